The van der Waals surface area contributed by atoms with E-state index in [-0.39, 0.29) is 5.97 Å². The van der Waals surface area contributed by atoms with Gasteiger partial charge < -0.3 is 29.0 Å². The maximum absolute atomic E-state index is 11.6. The van der Waals surface area contributed by atoms with Crippen LogP contribution >= 0.6 is 0 Å². The van der Waals surface area contributed by atoms with Crippen LogP contribution in [0.5, 0.6) is 0 Å². The van der Waals surface area contributed by atoms with Gasteiger partial charge in [0.1, 0.15) is 5.54 Å². The minimum absolute atomic E-state index is 0.293. The third kappa shape index (κ3) is 9.76. The van der Waals surface area contributed by atoms with Gasteiger partial charge in [-0.05, 0) is 20.4 Å². The average Bonchev–Trinajstić information content (AvgIpc) is 2.51. The maximum atomic E-state index is 11.6. The molecule has 0 spiro atoms. The fraction of sp³-hybridized carbons (Fsp3) is 0.929. The molecule has 7 heteroatoms. The third-order valence-corrected chi connectivity index (χ3v) is 3.11. The van der Waals surface area contributed by atoms with Crippen LogP contribution in [0, 0.1) is 0 Å². The first kappa shape index (κ1) is 20.3. The van der Waals surface area contributed by atoms with E-state index in [4.69, 9.17) is 23.7 Å². The van der Waals surface area contributed by atoms with Gasteiger partial charge in [0.2, 0.25) is 0 Å². The van der Waals surface area contributed by atoms with Crippen molar-refractivity contribution in [1.82, 2.24) is 5.32 Å². The van der Waals surface area contributed by atoms with Crippen molar-refractivity contribution in [1.29, 1.82) is 0 Å². The maximum Gasteiger partial charge on any atom is 0.325 e. The quantitative estimate of drug-likeness (QED) is 0.363. The van der Waals surface area contributed by atoms with Crippen LogP contribution < -0.4 is 5.32 Å². The van der Waals surface area contributed by atoms with Gasteiger partial charge in [-0.3, -0.25) is 4.79 Å². The van der Waals surface area contributed by atoms with E-state index in [2.05, 4.69) is 5.32 Å². The molecule has 0 bridgehead atoms. The summed E-state index contributed by atoms with van der Waals surface area (Å²) in [5.74, 6) is -0.293. The summed E-state index contributed by atoms with van der Waals surface area (Å²) in [6, 6.07) is 0. The Kier molecular flexibility index (Phi) is 12.5. The summed E-state index contributed by atoms with van der Waals surface area (Å²) in [7, 11) is 4.74. The fourth-order valence-corrected chi connectivity index (χ4v) is 1.51. The number of esters is 1. The van der Waals surface area contributed by atoms with E-state index in [0.717, 1.165) is 0 Å². The summed E-state index contributed by atoms with van der Waals surface area (Å²) in [5, 5.41) is 2.95. The van der Waals surface area contributed by atoms with Crippen LogP contribution in [0.1, 0.15) is 13.3 Å². The molecule has 0 heterocycles. The molecule has 0 aromatic rings. The number of hydrogen-bond donors (Lipinski definition) is 1. The Hall–Kier alpha value is -0.730. The molecule has 0 rings (SSSR count). The molecule has 1 N–H and O–H groups in total. The van der Waals surface area contributed by atoms with Crippen LogP contribution in [0.15, 0.2) is 0 Å². The SMILES string of the molecule is CNC(C)(CCOCCOCCOCCOC)C(=O)OC. The number of rotatable bonds is 14. The summed E-state index contributed by atoms with van der Waals surface area (Å²) in [5.41, 5.74) is -0.717. The Bertz CT molecular complexity index is 264. The highest BCUT2D eigenvalue weighted by Gasteiger charge is 2.31. The number of carbonyl (C=O) groups excluding carboxylic acids is 1. The lowest BCUT2D eigenvalue weighted by atomic mass is 9.99. The van der Waals surface area contributed by atoms with Gasteiger partial charge in [-0.2, -0.15) is 0 Å². The van der Waals surface area contributed by atoms with Crippen molar-refractivity contribution in [2.24, 2.45) is 0 Å². The van der Waals surface area contributed by atoms with Crippen molar-refractivity contribution in [3.63, 3.8) is 0 Å². The van der Waals surface area contributed by atoms with E-state index in [1.54, 1.807) is 21.1 Å². The first-order valence-corrected chi connectivity index (χ1v) is 7.10. The number of methoxy groups -OCH3 is 2. The van der Waals surface area contributed by atoms with E-state index in [1.165, 1.54) is 7.11 Å². The molecule has 0 aromatic carbocycles. The van der Waals surface area contributed by atoms with Gasteiger partial charge >= 0.3 is 5.97 Å². The number of hydrogen-bond acceptors (Lipinski definition) is 7. The number of nitrogens with one attached hydrogen (secondary N) is 1. The smallest absolute Gasteiger partial charge is 0.325 e. The topological polar surface area (TPSA) is 75.3 Å². The zero-order valence-corrected chi connectivity index (χ0v) is 13.6. The molecular weight excluding hydrogens is 278 g/mol. The molecule has 0 aliphatic carbocycles. The number of likely N-dealkylation sites (N-methyl/N-ethyl adjacent to an activating group) is 1. The lowest BCUT2D eigenvalue weighted by molar-refractivity contribution is -0.148. The largest absolute Gasteiger partial charge is 0.468 e. The second-order valence-corrected chi connectivity index (χ2v) is 4.65. The van der Waals surface area contributed by atoms with Gasteiger partial charge in [0, 0.05) is 13.7 Å². The van der Waals surface area contributed by atoms with Crippen LogP contribution in [0.25, 0.3) is 0 Å². The highest BCUT2D eigenvalue weighted by molar-refractivity contribution is 5.80. The molecule has 0 aromatic heterocycles. The third-order valence-electron chi connectivity index (χ3n) is 3.11. The standard InChI is InChI=1S/C14H29NO6/c1-14(15-2,13(16)18-4)5-6-19-9-10-21-12-11-20-8-7-17-3/h15H,5-12H2,1-4H3. The van der Waals surface area contributed by atoms with E-state index in [1.807, 2.05) is 0 Å². The van der Waals surface area contributed by atoms with Gasteiger partial charge in [-0.1, -0.05) is 0 Å². The van der Waals surface area contributed by atoms with Gasteiger partial charge in [0.05, 0.1) is 46.8 Å². The monoisotopic (exact) mass is 307 g/mol. The summed E-state index contributed by atoms with van der Waals surface area (Å²) in [4.78, 5) is 11.6. The molecule has 0 aliphatic heterocycles. The van der Waals surface area contributed by atoms with Crippen molar-refractivity contribution in [3.05, 3.63) is 0 Å². The van der Waals surface area contributed by atoms with Crippen molar-refractivity contribution in [3.8, 4) is 0 Å². The molecule has 0 amide bonds. The molecule has 0 fully saturated rings. The van der Waals surface area contributed by atoms with Gasteiger partial charge in [0.15, 0.2) is 0 Å². The average molecular weight is 307 g/mol. The Morgan fingerprint density at radius 3 is 1.81 bits per heavy atom. The van der Waals surface area contributed by atoms with Crippen molar-refractivity contribution >= 4 is 5.97 Å². The molecule has 0 saturated heterocycles. The minimum Gasteiger partial charge on any atom is -0.468 e. The molecule has 126 valence electrons. The Balaban J connectivity index is 3.45. The fourth-order valence-electron chi connectivity index (χ4n) is 1.51. The van der Waals surface area contributed by atoms with Crippen LogP contribution in [-0.4, -0.2) is 79.0 Å². The summed E-state index contributed by atoms with van der Waals surface area (Å²) < 4.78 is 25.6. The Morgan fingerprint density at radius 1 is 0.905 bits per heavy atom. The predicted molar refractivity (Wildman–Crippen MR) is 78.4 cm³/mol. The number of carbonyl (C=O) groups is 1. The zero-order chi connectivity index (χ0) is 16.0. The van der Waals surface area contributed by atoms with E-state index in [9.17, 15) is 4.79 Å². The predicted octanol–water partition coefficient (Wildman–Crippen LogP) is 0.224. The van der Waals surface area contributed by atoms with Crippen LogP contribution in [0.4, 0.5) is 0 Å². The molecule has 21 heavy (non-hydrogen) atoms. The summed E-state index contributed by atoms with van der Waals surface area (Å²) in [6.07, 6.45) is 0.538. The Labute approximate surface area is 127 Å². The van der Waals surface area contributed by atoms with E-state index in [0.29, 0.717) is 52.7 Å². The minimum atomic E-state index is -0.717. The first-order valence-electron chi connectivity index (χ1n) is 7.10. The molecular formula is C14H29NO6. The highest BCUT2D eigenvalue weighted by Crippen LogP contribution is 2.11. The van der Waals surface area contributed by atoms with Crippen LogP contribution in [0.2, 0.25) is 0 Å². The molecule has 0 saturated carbocycles. The van der Waals surface area contributed by atoms with Crippen LogP contribution in [-0.2, 0) is 28.5 Å². The highest BCUT2D eigenvalue weighted by atomic mass is 16.6. The normalized spacial score (nSPS) is 13.9. The molecule has 1 atom stereocenters. The second kappa shape index (κ2) is 13.0. The molecule has 0 radical (unpaired) electrons. The van der Waals surface area contributed by atoms with Crippen molar-refractivity contribution in [2.45, 2.75) is 18.9 Å². The lowest BCUT2D eigenvalue weighted by Gasteiger charge is -2.25. The van der Waals surface area contributed by atoms with E-state index < -0.39 is 5.54 Å². The second-order valence-electron chi connectivity index (χ2n) is 4.65. The van der Waals surface area contributed by atoms with Crippen LogP contribution in [0.3, 0.4) is 0 Å². The van der Waals surface area contributed by atoms with Gasteiger partial charge in [-0.25, -0.2) is 0 Å². The summed E-state index contributed by atoms with van der Waals surface area (Å²) in [6.45, 7) is 5.48. The summed E-state index contributed by atoms with van der Waals surface area (Å²) >= 11 is 0. The number of ether oxygens (including phenoxy) is 5. The molecule has 0 aliphatic rings. The van der Waals surface area contributed by atoms with Gasteiger partial charge in [0.25, 0.3) is 0 Å². The van der Waals surface area contributed by atoms with Crippen molar-refractivity contribution < 1.29 is 28.5 Å². The Morgan fingerprint density at radius 2 is 1.38 bits per heavy atom. The van der Waals surface area contributed by atoms with Crippen molar-refractivity contribution in [2.75, 3.05) is 67.5 Å². The lowest BCUT2D eigenvalue weighted by Crippen LogP contribution is -2.49. The first-order chi connectivity index (χ1) is 10.1. The van der Waals surface area contributed by atoms with E-state index >= 15 is 0 Å². The zero-order valence-electron chi connectivity index (χ0n) is 13.6. The van der Waals surface area contributed by atoms with Gasteiger partial charge in [-0.15, -0.1) is 0 Å². The molecule has 7 nitrogen and oxygen atoms in total. The molecule has 1 unspecified atom stereocenters.